The van der Waals surface area contributed by atoms with Crippen LogP contribution in [0.25, 0.3) is 0 Å². The van der Waals surface area contributed by atoms with E-state index in [9.17, 15) is 4.79 Å². The molecule has 5 N–H and O–H groups in total. The minimum atomic E-state index is -0.224. The summed E-state index contributed by atoms with van der Waals surface area (Å²) in [5, 5.41) is 0. The Hall–Kier alpha value is -1.36. The molecule has 1 rings (SSSR count). The summed E-state index contributed by atoms with van der Waals surface area (Å²) in [6.07, 6.45) is 0. The molecule has 0 fully saturated rings. The van der Waals surface area contributed by atoms with Gasteiger partial charge in [0.1, 0.15) is 11.6 Å². The average Bonchev–Trinajstić information content (AvgIpc) is 1.99. The average molecular weight is 154 g/mol. The molecule has 0 unspecified atom stereocenters. The molecule has 0 aliphatic carbocycles. The maximum Gasteiger partial charge on any atom is 0.255 e. The summed E-state index contributed by atoms with van der Waals surface area (Å²) in [6, 6.07) is 0. The van der Waals surface area contributed by atoms with Crippen molar-refractivity contribution < 1.29 is 0 Å². The molecule has 1 aromatic rings. The van der Waals surface area contributed by atoms with Gasteiger partial charge in [0, 0.05) is 0 Å². The quantitative estimate of drug-likeness (QED) is 0.489. The molecule has 60 valence electrons. The van der Waals surface area contributed by atoms with Gasteiger partial charge in [0.2, 0.25) is 0 Å². The van der Waals surface area contributed by atoms with E-state index in [1.165, 1.54) is 0 Å². The molecule has 1 aromatic heterocycles. The number of nitrogens with one attached hydrogen (secondary N) is 1. The lowest BCUT2D eigenvalue weighted by molar-refractivity contribution is 0.888. The van der Waals surface area contributed by atoms with Crippen LogP contribution in [0.3, 0.4) is 0 Å². The van der Waals surface area contributed by atoms with E-state index in [0.717, 1.165) is 0 Å². The number of hydrogen-bond acceptors (Lipinski definition) is 4. The highest BCUT2D eigenvalue weighted by Gasteiger charge is 2.01. The zero-order valence-electron chi connectivity index (χ0n) is 6.22. The first kappa shape index (κ1) is 7.74. The van der Waals surface area contributed by atoms with Crippen LogP contribution in [0.1, 0.15) is 11.4 Å². The SMILES string of the molecule is Cc1c(N)nc(CN)[nH]c1=O. The largest absolute Gasteiger partial charge is 0.383 e. The fourth-order valence-corrected chi connectivity index (χ4v) is 0.695. The van der Waals surface area contributed by atoms with Crippen molar-refractivity contribution in [2.75, 3.05) is 5.73 Å². The van der Waals surface area contributed by atoms with Gasteiger partial charge in [0.25, 0.3) is 5.56 Å². The van der Waals surface area contributed by atoms with Crippen LogP contribution in [-0.2, 0) is 6.54 Å². The van der Waals surface area contributed by atoms with E-state index in [-0.39, 0.29) is 17.9 Å². The summed E-state index contributed by atoms with van der Waals surface area (Å²) >= 11 is 0. The second-order valence-electron chi connectivity index (χ2n) is 2.23. The maximum atomic E-state index is 11.0. The zero-order valence-corrected chi connectivity index (χ0v) is 6.22. The molecule has 0 radical (unpaired) electrons. The molecule has 0 bridgehead atoms. The Kier molecular flexibility index (Phi) is 1.91. The Morgan fingerprint density at radius 1 is 1.64 bits per heavy atom. The summed E-state index contributed by atoms with van der Waals surface area (Å²) in [7, 11) is 0. The second-order valence-corrected chi connectivity index (χ2v) is 2.23. The van der Waals surface area contributed by atoms with Crippen LogP contribution < -0.4 is 17.0 Å². The van der Waals surface area contributed by atoms with Crippen LogP contribution in [0, 0.1) is 6.92 Å². The van der Waals surface area contributed by atoms with Gasteiger partial charge in [-0.2, -0.15) is 0 Å². The van der Waals surface area contributed by atoms with E-state index < -0.39 is 0 Å². The van der Waals surface area contributed by atoms with Gasteiger partial charge in [-0.05, 0) is 6.92 Å². The first-order valence-electron chi connectivity index (χ1n) is 3.20. The van der Waals surface area contributed by atoms with Gasteiger partial charge in [0.05, 0.1) is 12.1 Å². The highest BCUT2D eigenvalue weighted by atomic mass is 16.1. The van der Waals surface area contributed by atoms with Gasteiger partial charge in [0.15, 0.2) is 0 Å². The molecule has 0 saturated heterocycles. The molecule has 1 heterocycles. The molecule has 11 heavy (non-hydrogen) atoms. The van der Waals surface area contributed by atoms with E-state index in [0.29, 0.717) is 11.4 Å². The highest BCUT2D eigenvalue weighted by Crippen LogP contribution is 1.98. The zero-order chi connectivity index (χ0) is 8.43. The Morgan fingerprint density at radius 2 is 2.27 bits per heavy atom. The van der Waals surface area contributed by atoms with Crippen LogP contribution in [0.2, 0.25) is 0 Å². The normalized spacial score (nSPS) is 10.0. The minimum absolute atomic E-state index is 0.194. The van der Waals surface area contributed by atoms with Crippen LogP contribution in [0.4, 0.5) is 5.82 Å². The van der Waals surface area contributed by atoms with Crippen LogP contribution >= 0.6 is 0 Å². The lowest BCUT2D eigenvalue weighted by Crippen LogP contribution is -2.18. The van der Waals surface area contributed by atoms with Gasteiger partial charge in [-0.1, -0.05) is 0 Å². The Labute approximate surface area is 63.4 Å². The van der Waals surface area contributed by atoms with Gasteiger partial charge < -0.3 is 16.5 Å². The molecule has 0 aromatic carbocycles. The second kappa shape index (κ2) is 2.71. The van der Waals surface area contributed by atoms with Gasteiger partial charge in [-0.3, -0.25) is 4.79 Å². The highest BCUT2D eigenvalue weighted by molar-refractivity contribution is 5.35. The summed E-state index contributed by atoms with van der Waals surface area (Å²) in [6.45, 7) is 1.81. The number of aromatic nitrogens is 2. The molecule has 0 saturated carbocycles. The number of aromatic amines is 1. The molecule has 5 nitrogen and oxygen atoms in total. The number of nitrogens with zero attached hydrogens (tertiary/aromatic N) is 1. The molecule has 0 aliphatic heterocycles. The van der Waals surface area contributed by atoms with Gasteiger partial charge >= 0.3 is 0 Å². The molecule has 0 amide bonds. The molecule has 0 aliphatic rings. The lowest BCUT2D eigenvalue weighted by atomic mass is 10.3. The van der Waals surface area contributed by atoms with Crippen molar-refractivity contribution in [1.82, 2.24) is 9.97 Å². The lowest BCUT2D eigenvalue weighted by Gasteiger charge is -1.99. The standard InChI is InChI=1S/C6H10N4O/c1-3-5(8)9-4(2-7)10-6(3)11/h2,7H2,1H3,(H3,8,9,10,11). The van der Waals surface area contributed by atoms with E-state index in [2.05, 4.69) is 9.97 Å². The van der Waals surface area contributed by atoms with Crippen molar-refractivity contribution in [3.05, 3.63) is 21.7 Å². The van der Waals surface area contributed by atoms with Crippen LogP contribution in [0.5, 0.6) is 0 Å². The van der Waals surface area contributed by atoms with Crippen molar-refractivity contribution in [1.29, 1.82) is 0 Å². The van der Waals surface area contributed by atoms with Gasteiger partial charge in [-0.25, -0.2) is 4.98 Å². The molecular weight excluding hydrogens is 144 g/mol. The fourth-order valence-electron chi connectivity index (χ4n) is 0.695. The summed E-state index contributed by atoms with van der Waals surface area (Å²) in [5.74, 6) is 0.660. The van der Waals surface area contributed by atoms with Crippen molar-refractivity contribution in [2.24, 2.45) is 5.73 Å². The third-order valence-electron chi connectivity index (χ3n) is 1.43. The number of rotatable bonds is 1. The monoisotopic (exact) mass is 154 g/mol. The van der Waals surface area contributed by atoms with Crippen molar-refractivity contribution in [2.45, 2.75) is 13.5 Å². The maximum absolute atomic E-state index is 11.0. The van der Waals surface area contributed by atoms with Crippen molar-refractivity contribution >= 4 is 5.82 Å². The Morgan fingerprint density at radius 3 is 2.73 bits per heavy atom. The number of hydrogen-bond donors (Lipinski definition) is 3. The third kappa shape index (κ3) is 1.38. The first-order valence-corrected chi connectivity index (χ1v) is 3.20. The topological polar surface area (TPSA) is 97.8 Å². The van der Waals surface area contributed by atoms with Gasteiger partial charge in [-0.15, -0.1) is 0 Å². The number of anilines is 1. The first-order chi connectivity index (χ1) is 5.15. The summed E-state index contributed by atoms with van der Waals surface area (Å²) < 4.78 is 0. The third-order valence-corrected chi connectivity index (χ3v) is 1.43. The molecule has 5 heteroatoms. The molecule has 0 atom stereocenters. The number of nitrogens with two attached hydrogens (primary N) is 2. The number of nitrogen functional groups attached to an aromatic ring is 1. The van der Waals surface area contributed by atoms with Crippen LogP contribution in [0.15, 0.2) is 4.79 Å². The predicted octanol–water partition coefficient (Wildman–Crippen LogP) is -0.881. The van der Waals surface area contributed by atoms with E-state index in [4.69, 9.17) is 11.5 Å². The van der Waals surface area contributed by atoms with E-state index >= 15 is 0 Å². The molecular formula is C6H10N4O. The van der Waals surface area contributed by atoms with E-state index in [1.54, 1.807) is 6.92 Å². The Balaban J connectivity index is 3.32. The predicted molar refractivity (Wildman–Crippen MR) is 41.9 cm³/mol. The summed E-state index contributed by atoms with van der Waals surface area (Å²) in [5.41, 5.74) is 10.9. The van der Waals surface area contributed by atoms with Crippen LogP contribution in [-0.4, -0.2) is 9.97 Å². The number of H-pyrrole nitrogens is 1. The minimum Gasteiger partial charge on any atom is -0.383 e. The fraction of sp³-hybridized carbons (Fsp3) is 0.333. The summed E-state index contributed by atoms with van der Waals surface area (Å²) in [4.78, 5) is 17.3. The molecule has 0 spiro atoms. The van der Waals surface area contributed by atoms with Crippen molar-refractivity contribution in [3.63, 3.8) is 0 Å². The Bertz CT molecular complexity index is 317. The smallest absolute Gasteiger partial charge is 0.255 e. The van der Waals surface area contributed by atoms with E-state index in [1.807, 2.05) is 0 Å². The van der Waals surface area contributed by atoms with Crippen molar-refractivity contribution in [3.8, 4) is 0 Å².